The van der Waals surface area contributed by atoms with Crippen LogP contribution in [0.25, 0.3) is 0 Å². The van der Waals surface area contributed by atoms with E-state index in [1.807, 2.05) is 20.8 Å². The zero-order valence-corrected chi connectivity index (χ0v) is 13.0. The number of ether oxygens (including phenoxy) is 1. The number of carbonyl (C=O) groups excluding carboxylic acids is 1. The first-order valence-corrected chi connectivity index (χ1v) is 6.89. The summed E-state index contributed by atoms with van der Waals surface area (Å²) in [7, 11) is 0. The number of nitrogens with one attached hydrogen (secondary N) is 1. The fraction of sp³-hybridized carbons (Fsp3) is 0.533. The molecule has 0 aliphatic carbocycles. The van der Waals surface area contributed by atoms with Crippen LogP contribution < -0.4 is 10.1 Å². The summed E-state index contributed by atoms with van der Waals surface area (Å²) >= 11 is 0. The number of aliphatic hydroxyl groups excluding tert-OH is 1. The van der Waals surface area contributed by atoms with Crippen molar-refractivity contribution in [1.29, 1.82) is 0 Å². The second-order valence-corrected chi connectivity index (χ2v) is 6.26. The molecule has 0 radical (unpaired) electrons. The van der Waals surface area contributed by atoms with Gasteiger partial charge in [0.05, 0.1) is 12.6 Å². The van der Waals surface area contributed by atoms with Gasteiger partial charge < -0.3 is 15.2 Å². The number of hydrogen-bond acceptors (Lipinski definition) is 3. The van der Waals surface area contributed by atoms with E-state index >= 15 is 0 Å². The molecule has 130 valence electrons. The van der Waals surface area contributed by atoms with Gasteiger partial charge in [-0.05, 0) is 11.8 Å². The van der Waals surface area contributed by atoms with Crippen LogP contribution in [0.1, 0.15) is 37.6 Å². The molecule has 1 atom stereocenters. The smallest absolute Gasteiger partial charge is 0.387 e. The van der Waals surface area contributed by atoms with Crippen molar-refractivity contribution in [1.82, 2.24) is 5.32 Å². The first-order valence-electron chi connectivity index (χ1n) is 6.89. The van der Waals surface area contributed by atoms with Crippen LogP contribution in [0.2, 0.25) is 0 Å². The molecule has 1 aromatic carbocycles. The van der Waals surface area contributed by atoms with E-state index in [9.17, 15) is 27.5 Å². The molecule has 0 aliphatic rings. The fourth-order valence-electron chi connectivity index (χ4n) is 2.10. The van der Waals surface area contributed by atoms with Gasteiger partial charge >= 0.3 is 6.61 Å². The molecule has 2 N–H and O–H groups in total. The summed E-state index contributed by atoms with van der Waals surface area (Å²) in [4.78, 5) is 12.0. The van der Waals surface area contributed by atoms with E-state index in [-0.39, 0.29) is 5.41 Å². The SMILES string of the molecule is CC(C)(C)CC(CO)NC(=O)c1c(F)cc(OC(F)F)cc1F. The third kappa shape index (κ3) is 6.05. The van der Waals surface area contributed by atoms with E-state index in [1.54, 1.807) is 0 Å². The lowest BCUT2D eigenvalue weighted by Gasteiger charge is -2.25. The first-order chi connectivity index (χ1) is 10.5. The van der Waals surface area contributed by atoms with E-state index in [1.165, 1.54) is 0 Å². The number of alkyl halides is 2. The molecule has 1 amide bonds. The average Bonchev–Trinajstić information content (AvgIpc) is 2.34. The molecule has 0 aromatic heterocycles. The van der Waals surface area contributed by atoms with Gasteiger partial charge in [-0.25, -0.2) is 8.78 Å². The summed E-state index contributed by atoms with van der Waals surface area (Å²) in [6.07, 6.45) is 0.380. The third-order valence-electron chi connectivity index (χ3n) is 2.88. The summed E-state index contributed by atoms with van der Waals surface area (Å²) in [5.41, 5.74) is -1.15. The van der Waals surface area contributed by atoms with Crippen LogP contribution in [-0.4, -0.2) is 30.3 Å². The summed E-state index contributed by atoms with van der Waals surface area (Å²) in [5, 5.41) is 11.6. The highest BCUT2D eigenvalue weighted by molar-refractivity contribution is 5.95. The monoisotopic (exact) mass is 337 g/mol. The fourth-order valence-corrected chi connectivity index (χ4v) is 2.10. The van der Waals surface area contributed by atoms with Gasteiger partial charge in [-0.1, -0.05) is 20.8 Å². The predicted octanol–water partition coefficient (Wildman–Crippen LogP) is 3.09. The Morgan fingerprint density at radius 2 is 1.78 bits per heavy atom. The van der Waals surface area contributed by atoms with Crippen LogP contribution in [0.15, 0.2) is 12.1 Å². The van der Waals surface area contributed by atoms with Crippen LogP contribution in [0, 0.1) is 17.0 Å². The molecule has 0 spiro atoms. The van der Waals surface area contributed by atoms with Crippen molar-refractivity contribution in [2.45, 2.75) is 39.8 Å². The summed E-state index contributed by atoms with van der Waals surface area (Å²) in [6.45, 7) is 1.98. The lowest BCUT2D eigenvalue weighted by Crippen LogP contribution is -2.40. The molecule has 0 aliphatic heterocycles. The van der Waals surface area contributed by atoms with Crippen LogP contribution in [0.3, 0.4) is 0 Å². The van der Waals surface area contributed by atoms with Crippen molar-refractivity contribution < 1.29 is 32.2 Å². The quantitative estimate of drug-likeness (QED) is 0.784. The first kappa shape index (κ1) is 19.2. The molecule has 0 fully saturated rings. The Balaban J connectivity index is 2.95. The normalized spacial score (nSPS) is 13.1. The zero-order valence-electron chi connectivity index (χ0n) is 13.0. The van der Waals surface area contributed by atoms with E-state index in [0.29, 0.717) is 18.6 Å². The Labute approximate surface area is 131 Å². The highest BCUT2D eigenvalue weighted by atomic mass is 19.3. The van der Waals surface area contributed by atoms with Gasteiger partial charge in [0.25, 0.3) is 5.91 Å². The number of aliphatic hydroxyl groups is 1. The maximum absolute atomic E-state index is 13.8. The topological polar surface area (TPSA) is 58.6 Å². The Kier molecular flexibility index (Phi) is 6.37. The van der Waals surface area contributed by atoms with Crippen LogP contribution in [-0.2, 0) is 0 Å². The highest BCUT2D eigenvalue weighted by Crippen LogP contribution is 2.24. The van der Waals surface area contributed by atoms with E-state index in [0.717, 1.165) is 0 Å². The lowest BCUT2D eigenvalue weighted by atomic mass is 9.88. The molecular formula is C15H19F4NO3. The molecule has 1 rings (SSSR count). The summed E-state index contributed by atoms with van der Waals surface area (Å²) in [6, 6.07) is 0.308. The Bertz CT molecular complexity index is 535. The molecular weight excluding hydrogens is 318 g/mol. The van der Waals surface area contributed by atoms with Gasteiger partial charge in [-0.3, -0.25) is 4.79 Å². The van der Waals surface area contributed by atoms with Gasteiger partial charge in [0.15, 0.2) is 0 Å². The van der Waals surface area contributed by atoms with Crippen molar-refractivity contribution in [3.63, 3.8) is 0 Å². The van der Waals surface area contributed by atoms with Crippen LogP contribution in [0.5, 0.6) is 5.75 Å². The Morgan fingerprint density at radius 3 is 2.17 bits per heavy atom. The minimum absolute atomic E-state index is 0.229. The molecule has 0 saturated heterocycles. The molecule has 1 aromatic rings. The van der Waals surface area contributed by atoms with Crippen molar-refractivity contribution in [2.24, 2.45) is 5.41 Å². The van der Waals surface area contributed by atoms with Crippen molar-refractivity contribution in [2.75, 3.05) is 6.61 Å². The minimum Gasteiger partial charge on any atom is -0.435 e. The second kappa shape index (κ2) is 7.63. The maximum atomic E-state index is 13.8. The van der Waals surface area contributed by atoms with Gasteiger partial charge in [0.1, 0.15) is 22.9 Å². The van der Waals surface area contributed by atoms with Gasteiger partial charge in [0.2, 0.25) is 0 Å². The van der Waals surface area contributed by atoms with Gasteiger partial charge in [0, 0.05) is 12.1 Å². The van der Waals surface area contributed by atoms with Crippen LogP contribution in [0.4, 0.5) is 17.6 Å². The molecule has 4 nitrogen and oxygen atoms in total. The van der Waals surface area contributed by atoms with E-state index in [4.69, 9.17) is 0 Å². The summed E-state index contributed by atoms with van der Waals surface area (Å²) < 4.78 is 55.6. The minimum atomic E-state index is -3.24. The number of halogens is 4. The maximum Gasteiger partial charge on any atom is 0.387 e. The van der Waals surface area contributed by atoms with Gasteiger partial charge in [-0.15, -0.1) is 0 Å². The average molecular weight is 337 g/mol. The molecule has 0 bridgehead atoms. The summed E-state index contributed by atoms with van der Waals surface area (Å²) in [5.74, 6) is -4.46. The number of rotatable bonds is 6. The lowest BCUT2D eigenvalue weighted by molar-refractivity contribution is -0.0501. The van der Waals surface area contributed by atoms with Crippen molar-refractivity contribution in [3.05, 3.63) is 29.3 Å². The van der Waals surface area contributed by atoms with Crippen molar-refractivity contribution in [3.8, 4) is 5.75 Å². The highest BCUT2D eigenvalue weighted by Gasteiger charge is 2.25. The molecule has 0 heterocycles. The number of amides is 1. The zero-order chi connectivity index (χ0) is 17.8. The molecule has 0 saturated carbocycles. The Morgan fingerprint density at radius 1 is 1.26 bits per heavy atom. The van der Waals surface area contributed by atoms with Crippen LogP contribution >= 0.6 is 0 Å². The van der Waals surface area contributed by atoms with Gasteiger partial charge in [-0.2, -0.15) is 8.78 Å². The van der Waals surface area contributed by atoms with Crippen molar-refractivity contribution >= 4 is 5.91 Å². The van der Waals surface area contributed by atoms with E-state index < -0.39 is 48.1 Å². The number of benzene rings is 1. The largest absolute Gasteiger partial charge is 0.435 e. The third-order valence-corrected chi connectivity index (χ3v) is 2.88. The molecule has 8 heteroatoms. The molecule has 23 heavy (non-hydrogen) atoms. The standard InChI is InChI=1S/C15H19F4NO3/c1-15(2,3)6-8(7-21)20-13(22)12-10(16)4-9(5-11(12)17)23-14(18)19/h4-5,8,14,21H,6-7H2,1-3H3,(H,20,22). The predicted molar refractivity (Wildman–Crippen MR) is 75.4 cm³/mol. The Hall–Kier alpha value is -1.83. The van der Waals surface area contributed by atoms with E-state index in [2.05, 4.69) is 10.1 Å². The number of carbonyl (C=O) groups is 1. The molecule has 1 unspecified atom stereocenters. The number of hydrogen-bond donors (Lipinski definition) is 2. The second-order valence-electron chi connectivity index (χ2n) is 6.26.